The standard InChI is InChI=1S/C30H30N2O3/c33-30(34)24-10-4-3-9-23(24)29-25-13-11-21(31-15-5-1-6-16-31)19-27(25)35-28-20-22(12-14-26(28)29)32-17-7-2-8-18-32/h3-4,9-14,19-20H,1-2,5-8,15-18H2/p+1/i1D2,2D2,5D2,6D2,7D2,8D2,15D2,16D2,17D2,18D2. The van der Waals surface area contributed by atoms with E-state index in [0.717, 1.165) is 24.3 Å². The number of benzene rings is 3. The number of nitrogens with zero attached hydrogens (tertiary/aromatic N) is 2. The molecule has 0 spiro atoms. The lowest BCUT2D eigenvalue weighted by atomic mass is 9.90. The number of hydrogen-bond donors (Lipinski definition) is 1. The number of fused-ring (bicyclic) bond motifs is 2. The van der Waals surface area contributed by atoms with Crippen LogP contribution in [0.2, 0.25) is 0 Å². The highest BCUT2D eigenvalue weighted by Crippen LogP contribution is 2.42. The molecule has 0 saturated carbocycles. The Kier molecular flexibility index (Phi) is 2.40. The van der Waals surface area contributed by atoms with Crippen molar-refractivity contribution in [2.45, 2.75) is 38.2 Å². The molecule has 3 heterocycles. The molecule has 0 atom stereocenters. The van der Waals surface area contributed by atoms with Crippen LogP contribution in [0, 0.1) is 0 Å². The van der Waals surface area contributed by atoms with Crippen molar-refractivity contribution >= 4 is 22.6 Å². The van der Waals surface area contributed by atoms with Crippen LogP contribution >= 0.6 is 0 Å². The van der Waals surface area contributed by atoms with Crippen LogP contribution in [0.15, 0.2) is 65.1 Å². The summed E-state index contributed by atoms with van der Waals surface area (Å²) in [5, 5.41) is 9.62. The summed E-state index contributed by atoms with van der Waals surface area (Å²) in [4.78, 5) is 12.5. The van der Waals surface area contributed by atoms with Crippen molar-refractivity contribution in [3.63, 3.8) is 0 Å². The van der Waals surface area contributed by atoms with Crippen molar-refractivity contribution < 1.29 is 41.7 Å². The Morgan fingerprint density at radius 1 is 0.886 bits per heavy atom. The normalized spacial score (nSPS) is 39.5. The Balaban J connectivity index is 1.76. The second kappa shape index (κ2) is 9.21. The maximum atomic E-state index is 12.4. The van der Waals surface area contributed by atoms with Crippen LogP contribution in [0.4, 0.5) is 5.69 Å². The van der Waals surface area contributed by atoms with Crippen LogP contribution in [0.3, 0.4) is 0 Å². The quantitative estimate of drug-likeness (QED) is 0.291. The van der Waals surface area contributed by atoms with Crippen molar-refractivity contribution in [3.05, 3.63) is 71.6 Å². The van der Waals surface area contributed by atoms with Gasteiger partial charge in [0.2, 0.25) is 5.36 Å². The van der Waals surface area contributed by atoms with Gasteiger partial charge >= 0.3 is 5.97 Å². The SMILES string of the molecule is [2H]C1([2H])N(c2ccc3c(-c4ccccc4C(=O)O)c4ccc(=[N+]5C([2H])([2H])C([2H])([2H])C([2H])([2H])C([2H])([2H])C5([2H])[2H])cc-4oc3c2)C([2H])([2H])C([2H])([2H])C([2H])([2H])C1([2H])[2H]. The molecule has 2 fully saturated rings. The fraction of sp³-hybridized carbons (Fsp3) is 0.333. The van der Waals surface area contributed by atoms with Gasteiger partial charge in [-0.1, -0.05) is 18.2 Å². The molecule has 1 aliphatic carbocycles. The lowest BCUT2D eigenvalue weighted by molar-refractivity contribution is 0.0697. The van der Waals surface area contributed by atoms with Gasteiger partial charge in [-0.2, -0.15) is 0 Å². The zero-order valence-electron chi connectivity index (χ0n) is 37.9. The van der Waals surface area contributed by atoms with Crippen LogP contribution < -0.4 is 14.8 Å². The molecule has 6 rings (SSSR count). The molecule has 4 aliphatic rings. The van der Waals surface area contributed by atoms with Crippen LogP contribution in [-0.4, -0.2) is 37.1 Å². The molecule has 0 aromatic heterocycles. The van der Waals surface area contributed by atoms with Crippen LogP contribution in [0.5, 0.6) is 0 Å². The number of aromatic carboxylic acids is 1. The van der Waals surface area contributed by atoms with Crippen molar-refractivity contribution in [2.24, 2.45) is 0 Å². The van der Waals surface area contributed by atoms with Crippen molar-refractivity contribution in [1.29, 1.82) is 0 Å². The molecular formula is C30H31N2O3+. The van der Waals surface area contributed by atoms with Crippen LogP contribution in [0.25, 0.3) is 33.4 Å². The number of carboxylic acids is 1. The maximum absolute atomic E-state index is 12.4. The predicted molar refractivity (Wildman–Crippen MR) is 140 cm³/mol. The maximum Gasteiger partial charge on any atom is 0.336 e. The number of rotatable bonds is 3. The highest BCUT2D eigenvalue weighted by Gasteiger charge is 2.23. The van der Waals surface area contributed by atoms with E-state index in [1.807, 2.05) is 0 Å². The number of carbonyl (C=O) groups is 1. The summed E-state index contributed by atoms with van der Waals surface area (Å²) in [5.41, 5.74) is -0.924. The third-order valence-corrected chi connectivity index (χ3v) is 5.55. The topological polar surface area (TPSA) is 56.7 Å². The fourth-order valence-electron chi connectivity index (χ4n) is 4.04. The van der Waals surface area contributed by atoms with Gasteiger partial charge in [0.15, 0.2) is 0 Å². The Bertz CT molecular complexity index is 2250. The van der Waals surface area contributed by atoms with Gasteiger partial charge in [-0.15, -0.1) is 0 Å². The molecule has 178 valence electrons. The Morgan fingerprint density at radius 2 is 1.66 bits per heavy atom. The van der Waals surface area contributed by atoms with E-state index in [4.69, 9.17) is 31.8 Å². The largest absolute Gasteiger partial charge is 0.478 e. The molecule has 2 saturated heterocycles. The molecule has 5 nitrogen and oxygen atoms in total. The first-order chi connectivity index (χ1) is 24.7. The zero-order valence-corrected chi connectivity index (χ0v) is 17.9. The van der Waals surface area contributed by atoms with Crippen molar-refractivity contribution in [3.8, 4) is 22.5 Å². The van der Waals surface area contributed by atoms with Gasteiger partial charge in [-0.25, -0.2) is 9.37 Å². The lowest BCUT2D eigenvalue weighted by Crippen LogP contribution is -2.34. The summed E-state index contributed by atoms with van der Waals surface area (Å²) in [5.74, 6) is -1.71. The van der Waals surface area contributed by atoms with Crippen LogP contribution in [-0.2, 0) is 0 Å². The van der Waals surface area contributed by atoms with Gasteiger partial charge in [-0.3, -0.25) is 0 Å². The van der Waals surface area contributed by atoms with E-state index >= 15 is 0 Å². The van der Waals surface area contributed by atoms with Gasteiger partial charge in [0.1, 0.15) is 29.8 Å². The summed E-state index contributed by atoms with van der Waals surface area (Å²) in [6.45, 7) is -14.3. The van der Waals surface area contributed by atoms with Crippen LogP contribution in [0.1, 0.15) is 76.0 Å². The molecular weight excluding hydrogens is 436 g/mol. The van der Waals surface area contributed by atoms with Gasteiger partial charge in [-0.05, 0) is 55.3 Å². The molecule has 0 radical (unpaired) electrons. The molecule has 1 N–H and O–H groups in total. The molecule has 0 unspecified atom stereocenters. The van der Waals surface area contributed by atoms with E-state index in [1.54, 1.807) is 0 Å². The third-order valence-electron chi connectivity index (χ3n) is 5.55. The highest BCUT2D eigenvalue weighted by atomic mass is 16.4. The molecule has 0 bridgehead atoms. The fourth-order valence-corrected chi connectivity index (χ4v) is 4.04. The highest BCUT2D eigenvalue weighted by molar-refractivity contribution is 6.07. The average molecular weight is 488 g/mol. The zero-order chi connectivity index (χ0) is 41.7. The van der Waals surface area contributed by atoms with Gasteiger partial charge in [0.25, 0.3) is 0 Å². The van der Waals surface area contributed by atoms with Crippen molar-refractivity contribution in [1.82, 2.24) is 4.58 Å². The lowest BCUT2D eigenvalue weighted by Gasteiger charge is -2.29. The van der Waals surface area contributed by atoms with E-state index in [0.29, 0.717) is 0 Å². The molecule has 3 aliphatic heterocycles. The van der Waals surface area contributed by atoms with Gasteiger partial charge in [0, 0.05) is 82.0 Å². The number of carboxylic acid groups (broad SMARTS) is 1. The minimum absolute atomic E-state index is 0.0512. The molecule has 5 heteroatoms. The summed E-state index contributed by atoms with van der Waals surface area (Å²) in [6.07, 6.45) is -22.1. The predicted octanol–water partition coefficient (Wildman–Crippen LogP) is 5.85. The molecule has 2 aromatic carbocycles. The summed E-state index contributed by atoms with van der Waals surface area (Å²) in [7, 11) is 0. The van der Waals surface area contributed by atoms with E-state index in [1.165, 1.54) is 36.4 Å². The molecule has 35 heavy (non-hydrogen) atoms. The van der Waals surface area contributed by atoms with E-state index < -0.39 is 81.2 Å². The Morgan fingerprint density at radius 3 is 2.46 bits per heavy atom. The summed E-state index contributed by atoms with van der Waals surface area (Å²) < 4.78 is 174. The number of anilines is 1. The van der Waals surface area contributed by atoms with Gasteiger partial charge in [0.05, 0.1) is 11.6 Å². The van der Waals surface area contributed by atoms with E-state index in [-0.39, 0.29) is 48.5 Å². The first-order valence-electron chi connectivity index (χ1n) is 20.5. The number of piperidine rings is 2. The van der Waals surface area contributed by atoms with Crippen molar-refractivity contribution in [2.75, 3.05) is 30.9 Å². The smallest absolute Gasteiger partial charge is 0.336 e. The monoisotopic (exact) mass is 487 g/mol. The summed E-state index contributed by atoms with van der Waals surface area (Å²) >= 11 is 0. The minimum atomic E-state index is -3.71. The molecule has 0 amide bonds. The average Bonchev–Trinajstić information content (AvgIpc) is 3.05. The molecule has 2 aromatic rings. The first kappa shape index (κ1) is 9.12. The first-order valence-corrected chi connectivity index (χ1v) is 10.5. The second-order valence-corrected chi connectivity index (χ2v) is 7.56. The summed E-state index contributed by atoms with van der Waals surface area (Å²) in [6, 6.07) is 12.1. The Labute approximate surface area is 233 Å². The minimum Gasteiger partial charge on any atom is -0.478 e. The number of hydrogen-bond acceptors (Lipinski definition) is 3. The van der Waals surface area contributed by atoms with E-state index in [9.17, 15) is 9.90 Å². The van der Waals surface area contributed by atoms with Gasteiger partial charge < -0.3 is 14.4 Å². The Hall–Kier alpha value is -3.60. The third kappa shape index (κ3) is 4.09. The second-order valence-electron chi connectivity index (χ2n) is 7.56. The van der Waals surface area contributed by atoms with E-state index in [2.05, 4.69) is 0 Å².